The Labute approximate surface area is 204 Å². The number of carbonyl (C=O) groups excluding carboxylic acids is 3. The van der Waals surface area contributed by atoms with Crippen LogP contribution in [0.1, 0.15) is 25.3 Å². The quantitative estimate of drug-likeness (QED) is 0.532. The third-order valence-corrected chi connectivity index (χ3v) is 5.79. The second kappa shape index (κ2) is 12.0. The van der Waals surface area contributed by atoms with Crippen molar-refractivity contribution in [3.8, 4) is 11.5 Å². The Morgan fingerprint density at radius 2 is 1.77 bits per heavy atom. The van der Waals surface area contributed by atoms with Crippen LogP contribution in [0.25, 0.3) is 0 Å². The molecule has 1 unspecified atom stereocenters. The number of methoxy groups -OCH3 is 2. The molecule has 4 amide bonds. The van der Waals surface area contributed by atoms with E-state index >= 15 is 0 Å². The van der Waals surface area contributed by atoms with Gasteiger partial charge in [-0.05, 0) is 48.7 Å². The highest BCUT2D eigenvalue weighted by Crippen LogP contribution is 2.28. The van der Waals surface area contributed by atoms with Crippen molar-refractivity contribution in [3.63, 3.8) is 0 Å². The number of amides is 4. The average molecular weight is 487 g/mol. The van der Waals surface area contributed by atoms with Gasteiger partial charge in [-0.2, -0.15) is 0 Å². The van der Waals surface area contributed by atoms with Crippen LogP contribution in [0.4, 0.5) is 14.9 Å². The largest absolute Gasteiger partial charge is 0.493 e. The lowest BCUT2D eigenvalue weighted by Gasteiger charge is -2.33. The SMILES string of the molecule is COc1ccc(CC(NC(C)=O)C(=O)NC2CCN(C(=O)Nc3cccc(F)c3)CC2)cc1OC. The van der Waals surface area contributed by atoms with Gasteiger partial charge in [0.05, 0.1) is 14.2 Å². The fourth-order valence-corrected chi connectivity index (χ4v) is 4.00. The first-order valence-electron chi connectivity index (χ1n) is 11.4. The van der Waals surface area contributed by atoms with Gasteiger partial charge in [0.25, 0.3) is 0 Å². The minimum absolute atomic E-state index is 0.137. The summed E-state index contributed by atoms with van der Waals surface area (Å²) in [6.07, 6.45) is 1.40. The normalized spacial score (nSPS) is 14.6. The van der Waals surface area contributed by atoms with Crippen LogP contribution in [-0.4, -0.2) is 62.1 Å². The fourth-order valence-electron chi connectivity index (χ4n) is 4.00. The summed E-state index contributed by atoms with van der Waals surface area (Å²) in [6.45, 7) is 2.24. The van der Waals surface area contributed by atoms with Crippen LogP contribution in [0, 0.1) is 5.82 Å². The van der Waals surface area contributed by atoms with Crippen LogP contribution >= 0.6 is 0 Å². The molecule has 0 spiro atoms. The zero-order valence-corrected chi connectivity index (χ0v) is 20.1. The van der Waals surface area contributed by atoms with Gasteiger partial charge in [-0.25, -0.2) is 9.18 Å². The van der Waals surface area contributed by atoms with Crippen molar-refractivity contribution in [1.29, 1.82) is 0 Å². The highest BCUT2D eigenvalue weighted by Gasteiger charge is 2.27. The van der Waals surface area contributed by atoms with Crippen LogP contribution in [0.5, 0.6) is 11.5 Å². The molecule has 2 aromatic rings. The molecule has 3 N–H and O–H groups in total. The lowest BCUT2D eigenvalue weighted by Crippen LogP contribution is -2.53. The molecule has 1 atom stereocenters. The Kier molecular flexibility index (Phi) is 8.88. The van der Waals surface area contributed by atoms with E-state index in [1.54, 1.807) is 30.2 Å². The van der Waals surface area contributed by atoms with E-state index in [9.17, 15) is 18.8 Å². The Morgan fingerprint density at radius 3 is 2.40 bits per heavy atom. The number of ether oxygens (including phenoxy) is 2. The van der Waals surface area contributed by atoms with E-state index in [2.05, 4.69) is 16.0 Å². The summed E-state index contributed by atoms with van der Waals surface area (Å²) in [4.78, 5) is 38.9. The van der Waals surface area contributed by atoms with Crippen molar-refractivity contribution in [3.05, 3.63) is 53.8 Å². The zero-order valence-electron chi connectivity index (χ0n) is 20.1. The lowest BCUT2D eigenvalue weighted by atomic mass is 10.0. The lowest BCUT2D eigenvalue weighted by molar-refractivity contribution is -0.128. The maximum Gasteiger partial charge on any atom is 0.321 e. The summed E-state index contributed by atoms with van der Waals surface area (Å²) in [6, 6.07) is 9.84. The molecule has 0 aromatic heterocycles. The number of hydrogen-bond acceptors (Lipinski definition) is 5. The van der Waals surface area contributed by atoms with Crippen molar-refractivity contribution in [2.45, 2.75) is 38.3 Å². The summed E-state index contributed by atoms with van der Waals surface area (Å²) in [7, 11) is 3.08. The number of nitrogens with one attached hydrogen (secondary N) is 3. The Balaban J connectivity index is 1.55. The minimum Gasteiger partial charge on any atom is -0.493 e. The number of piperidine rings is 1. The maximum atomic E-state index is 13.3. The molecule has 9 nitrogen and oxygen atoms in total. The molecule has 35 heavy (non-hydrogen) atoms. The zero-order chi connectivity index (χ0) is 25.4. The topological polar surface area (TPSA) is 109 Å². The van der Waals surface area contributed by atoms with Gasteiger partial charge < -0.3 is 30.3 Å². The van der Waals surface area contributed by atoms with E-state index in [1.807, 2.05) is 6.07 Å². The molecule has 1 fully saturated rings. The number of hydrogen-bond donors (Lipinski definition) is 3. The fraction of sp³-hybridized carbons (Fsp3) is 0.400. The van der Waals surface area contributed by atoms with Crippen molar-refractivity contribution >= 4 is 23.5 Å². The maximum absolute atomic E-state index is 13.3. The van der Waals surface area contributed by atoms with Gasteiger partial charge in [0.15, 0.2) is 11.5 Å². The first kappa shape index (κ1) is 25.8. The Morgan fingerprint density at radius 1 is 1.06 bits per heavy atom. The van der Waals surface area contributed by atoms with Gasteiger partial charge in [-0.15, -0.1) is 0 Å². The smallest absolute Gasteiger partial charge is 0.321 e. The number of likely N-dealkylation sites (tertiary alicyclic amines) is 1. The van der Waals surface area contributed by atoms with Gasteiger partial charge in [0, 0.05) is 38.2 Å². The van der Waals surface area contributed by atoms with Crippen LogP contribution in [0.2, 0.25) is 0 Å². The van der Waals surface area contributed by atoms with Crippen molar-refractivity contribution in [2.75, 3.05) is 32.6 Å². The number of rotatable bonds is 8. The molecule has 1 heterocycles. The molecule has 0 saturated carbocycles. The van der Waals surface area contributed by atoms with Crippen LogP contribution in [0.3, 0.4) is 0 Å². The molecule has 0 radical (unpaired) electrons. The van der Waals surface area contributed by atoms with Gasteiger partial charge in [-0.3, -0.25) is 9.59 Å². The summed E-state index contributed by atoms with van der Waals surface area (Å²) in [5.74, 6) is 0.0824. The molecule has 10 heteroatoms. The molecule has 1 aliphatic rings. The highest BCUT2D eigenvalue weighted by molar-refractivity contribution is 5.89. The number of nitrogens with zero attached hydrogens (tertiary/aromatic N) is 1. The number of urea groups is 1. The van der Waals surface area contributed by atoms with E-state index in [-0.39, 0.29) is 30.3 Å². The molecular weight excluding hydrogens is 455 g/mol. The molecule has 1 saturated heterocycles. The molecule has 0 bridgehead atoms. The van der Waals surface area contributed by atoms with E-state index in [4.69, 9.17) is 9.47 Å². The minimum atomic E-state index is -0.764. The summed E-state index contributed by atoms with van der Waals surface area (Å²) >= 11 is 0. The third-order valence-electron chi connectivity index (χ3n) is 5.79. The van der Waals surface area contributed by atoms with Crippen molar-refractivity contribution in [2.24, 2.45) is 0 Å². The molecule has 1 aliphatic heterocycles. The summed E-state index contributed by atoms with van der Waals surface area (Å²) in [5.41, 5.74) is 1.19. The second-order valence-electron chi connectivity index (χ2n) is 8.36. The van der Waals surface area contributed by atoms with E-state index in [0.717, 1.165) is 5.56 Å². The Bertz CT molecular complexity index is 1060. The predicted molar refractivity (Wildman–Crippen MR) is 129 cm³/mol. The first-order valence-corrected chi connectivity index (χ1v) is 11.4. The van der Waals surface area contributed by atoms with Crippen LogP contribution in [0.15, 0.2) is 42.5 Å². The monoisotopic (exact) mass is 486 g/mol. The molecule has 2 aromatic carbocycles. The van der Waals surface area contributed by atoms with E-state index < -0.39 is 11.9 Å². The number of benzene rings is 2. The van der Waals surface area contributed by atoms with Crippen LogP contribution < -0.4 is 25.4 Å². The predicted octanol–water partition coefficient (Wildman–Crippen LogP) is 2.70. The molecule has 188 valence electrons. The van der Waals surface area contributed by atoms with Gasteiger partial charge in [0.1, 0.15) is 11.9 Å². The number of carbonyl (C=O) groups is 3. The van der Waals surface area contributed by atoms with Gasteiger partial charge >= 0.3 is 6.03 Å². The average Bonchev–Trinajstić information content (AvgIpc) is 2.83. The van der Waals surface area contributed by atoms with E-state index in [1.165, 1.54) is 32.2 Å². The van der Waals surface area contributed by atoms with E-state index in [0.29, 0.717) is 43.1 Å². The highest BCUT2D eigenvalue weighted by atomic mass is 19.1. The standard InChI is InChI=1S/C25H31FN4O5/c1-16(31)27-21(13-17-7-8-22(34-2)23(14-17)35-3)24(32)28-19-9-11-30(12-10-19)25(33)29-20-6-4-5-18(26)15-20/h4-8,14-15,19,21H,9-13H2,1-3H3,(H,27,31)(H,28,32)(H,29,33). The first-order chi connectivity index (χ1) is 16.8. The summed E-state index contributed by atoms with van der Waals surface area (Å²) < 4.78 is 23.9. The number of halogens is 1. The third kappa shape index (κ3) is 7.33. The Hall–Kier alpha value is -3.82. The van der Waals surface area contributed by atoms with Gasteiger partial charge in [0.2, 0.25) is 11.8 Å². The summed E-state index contributed by atoms with van der Waals surface area (Å²) in [5, 5.41) is 8.39. The molecule has 3 rings (SSSR count). The second-order valence-corrected chi connectivity index (χ2v) is 8.36. The van der Waals surface area contributed by atoms with Crippen molar-refractivity contribution in [1.82, 2.24) is 15.5 Å². The van der Waals surface area contributed by atoms with Gasteiger partial charge in [-0.1, -0.05) is 12.1 Å². The molecule has 0 aliphatic carbocycles. The number of anilines is 1. The van der Waals surface area contributed by atoms with Crippen LogP contribution in [-0.2, 0) is 16.0 Å². The molecular formula is C25H31FN4O5. The van der Waals surface area contributed by atoms with Crippen molar-refractivity contribution < 1.29 is 28.2 Å².